The first-order valence-electron chi connectivity index (χ1n) is 5.61. The normalized spacial score (nSPS) is 17.5. The van der Waals surface area contributed by atoms with E-state index in [1.807, 2.05) is 24.4 Å². The first kappa shape index (κ1) is 10.6. The third kappa shape index (κ3) is 1.51. The molecule has 0 unspecified atom stereocenters. The van der Waals surface area contributed by atoms with E-state index in [-0.39, 0.29) is 0 Å². The maximum Gasteiger partial charge on any atom is 0.235 e. The molecule has 1 heterocycles. The van der Waals surface area contributed by atoms with Crippen molar-refractivity contribution in [3.05, 3.63) is 35.0 Å². The van der Waals surface area contributed by atoms with Crippen LogP contribution in [0.3, 0.4) is 0 Å². The molecular weight excluding hydrogens is 236 g/mol. The Bertz CT molecular complexity index is 621. The lowest BCUT2D eigenvalue weighted by atomic mass is 9.72. The molecule has 1 aliphatic carbocycles. The van der Waals surface area contributed by atoms with Gasteiger partial charge in [-0.25, -0.2) is 4.79 Å². The van der Waals surface area contributed by atoms with Gasteiger partial charge in [-0.2, -0.15) is 4.99 Å². The molecule has 0 bridgehead atoms. The molecule has 1 aliphatic rings. The summed E-state index contributed by atoms with van der Waals surface area (Å²) >= 11 is 6.29. The number of benzene rings is 1. The third-order valence-electron chi connectivity index (χ3n) is 3.58. The number of hydrogen-bond donors (Lipinski definition) is 1. The second-order valence-corrected chi connectivity index (χ2v) is 4.89. The van der Waals surface area contributed by atoms with Crippen molar-refractivity contribution >= 4 is 28.6 Å². The van der Waals surface area contributed by atoms with Crippen molar-refractivity contribution in [1.29, 1.82) is 0 Å². The van der Waals surface area contributed by atoms with Crippen LogP contribution in [-0.2, 0) is 10.3 Å². The number of H-pyrrole nitrogens is 1. The van der Waals surface area contributed by atoms with E-state index in [2.05, 4.69) is 9.98 Å². The molecule has 0 saturated heterocycles. The standard InChI is InChI=1S/C13H11ClN2O/c14-11-6-9-2-5-15-12(9)7-10(11)13(16-8-17)3-1-4-13/h2,5-7,15H,1,3-4H2. The van der Waals surface area contributed by atoms with Gasteiger partial charge >= 0.3 is 0 Å². The molecule has 17 heavy (non-hydrogen) atoms. The van der Waals surface area contributed by atoms with Gasteiger partial charge in [0.25, 0.3) is 0 Å². The van der Waals surface area contributed by atoms with E-state index in [0.29, 0.717) is 5.02 Å². The largest absolute Gasteiger partial charge is 0.361 e. The van der Waals surface area contributed by atoms with Crippen molar-refractivity contribution in [2.24, 2.45) is 4.99 Å². The van der Waals surface area contributed by atoms with Crippen LogP contribution in [-0.4, -0.2) is 11.1 Å². The minimum Gasteiger partial charge on any atom is -0.361 e. The number of aromatic amines is 1. The van der Waals surface area contributed by atoms with Gasteiger partial charge in [0, 0.05) is 27.7 Å². The van der Waals surface area contributed by atoms with E-state index in [1.54, 1.807) is 6.08 Å². The zero-order chi connectivity index (χ0) is 11.9. The Hall–Kier alpha value is -1.57. The summed E-state index contributed by atoms with van der Waals surface area (Å²) in [7, 11) is 0. The Labute approximate surface area is 104 Å². The van der Waals surface area contributed by atoms with Crippen LogP contribution < -0.4 is 0 Å². The number of halogens is 1. The molecule has 0 amide bonds. The number of carbonyl (C=O) groups excluding carboxylic acids is 1. The fourth-order valence-corrected chi connectivity index (χ4v) is 2.82. The van der Waals surface area contributed by atoms with Crippen LogP contribution in [0.15, 0.2) is 29.4 Å². The van der Waals surface area contributed by atoms with E-state index in [9.17, 15) is 4.79 Å². The Morgan fingerprint density at radius 3 is 2.88 bits per heavy atom. The molecular formula is C13H11ClN2O. The van der Waals surface area contributed by atoms with Gasteiger partial charge in [0.1, 0.15) is 0 Å². The second-order valence-electron chi connectivity index (χ2n) is 4.49. The summed E-state index contributed by atoms with van der Waals surface area (Å²) in [4.78, 5) is 17.7. The molecule has 3 nitrogen and oxygen atoms in total. The summed E-state index contributed by atoms with van der Waals surface area (Å²) in [5.41, 5.74) is 1.53. The number of fused-ring (bicyclic) bond motifs is 1. The number of nitrogens with zero attached hydrogens (tertiary/aromatic N) is 1. The van der Waals surface area contributed by atoms with Gasteiger partial charge in [-0.05, 0) is 37.5 Å². The zero-order valence-electron chi connectivity index (χ0n) is 9.16. The molecule has 2 aromatic rings. The van der Waals surface area contributed by atoms with Crippen LogP contribution in [0.5, 0.6) is 0 Å². The van der Waals surface area contributed by atoms with Crippen LogP contribution in [0.25, 0.3) is 10.9 Å². The van der Waals surface area contributed by atoms with Crippen molar-refractivity contribution in [2.45, 2.75) is 24.8 Å². The third-order valence-corrected chi connectivity index (χ3v) is 3.90. The average Bonchev–Trinajstić information content (AvgIpc) is 2.69. The minimum absolute atomic E-state index is 0.432. The molecule has 86 valence electrons. The quantitative estimate of drug-likeness (QED) is 0.639. The Morgan fingerprint density at radius 2 is 2.24 bits per heavy atom. The molecule has 1 saturated carbocycles. The summed E-state index contributed by atoms with van der Waals surface area (Å²) in [5, 5.41) is 1.75. The topological polar surface area (TPSA) is 45.2 Å². The van der Waals surface area contributed by atoms with Crippen LogP contribution in [0.4, 0.5) is 0 Å². The Morgan fingerprint density at radius 1 is 1.41 bits per heavy atom. The molecule has 0 atom stereocenters. The van der Waals surface area contributed by atoms with E-state index >= 15 is 0 Å². The maximum absolute atomic E-state index is 10.6. The summed E-state index contributed by atoms with van der Waals surface area (Å²) in [5.74, 6) is 0. The molecule has 1 aromatic carbocycles. The van der Waals surface area contributed by atoms with Gasteiger partial charge in [-0.3, -0.25) is 0 Å². The summed E-state index contributed by atoms with van der Waals surface area (Å²) in [6.07, 6.45) is 6.37. The fourth-order valence-electron chi connectivity index (χ4n) is 2.47. The first-order valence-corrected chi connectivity index (χ1v) is 5.99. The summed E-state index contributed by atoms with van der Waals surface area (Å²) in [6.45, 7) is 0. The zero-order valence-corrected chi connectivity index (χ0v) is 9.92. The van der Waals surface area contributed by atoms with Gasteiger partial charge in [-0.1, -0.05) is 11.6 Å². The van der Waals surface area contributed by atoms with Crippen molar-refractivity contribution in [3.63, 3.8) is 0 Å². The van der Waals surface area contributed by atoms with Crippen LogP contribution in [0, 0.1) is 0 Å². The molecule has 0 spiro atoms. The van der Waals surface area contributed by atoms with E-state index in [4.69, 9.17) is 11.6 Å². The highest BCUT2D eigenvalue weighted by molar-refractivity contribution is 6.32. The highest BCUT2D eigenvalue weighted by Crippen LogP contribution is 2.47. The van der Waals surface area contributed by atoms with E-state index in [1.165, 1.54) is 0 Å². The van der Waals surface area contributed by atoms with Gasteiger partial charge < -0.3 is 4.98 Å². The van der Waals surface area contributed by atoms with Crippen LogP contribution in [0.2, 0.25) is 5.02 Å². The lowest BCUT2D eigenvalue weighted by Crippen LogP contribution is -2.32. The average molecular weight is 247 g/mol. The highest BCUT2D eigenvalue weighted by Gasteiger charge is 2.40. The van der Waals surface area contributed by atoms with Crippen LogP contribution >= 0.6 is 11.6 Å². The van der Waals surface area contributed by atoms with E-state index in [0.717, 1.165) is 35.7 Å². The second kappa shape index (κ2) is 3.73. The number of nitrogens with one attached hydrogen (secondary N) is 1. The van der Waals surface area contributed by atoms with Crippen molar-refractivity contribution in [1.82, 2.24) is 4.98 Å². The fraction of sp³-hybridized carbons (Fsp3) is 0.308. The maximum atomic E-state index is 10.6. The summed E-state index contributed by atoms with van der Waals surface area (Å²) in [6, 6.07) is 5.89. The molecule has 1 aromatic heterocycles. The van der Waals surface area contributed by atoms with E-state index < -0.39 is 5.54 Å². The number of rotatable bonds is 2. The van der Waals surface area contributed by atoms with Crippen molar-refractivity contribution < 1.29 is 4.79 Å². The number of isocyanates is 1. The predicted molar refractivity (Wildman–Crippen MR) is 67.0 cm³/mol. The predicted octanol–water partition coefficient (Wildman–Crippen LogP) is 3.54. The monoisotopic (exact) mass is 246 g/mol. The lowest BCUT2D eigenvalue weighted by Gasteiger charge is -2.37. The minimum atomic E-state index is -0.432. The van der Waals surface area contributed by atoms with Gasteiger partial charge in [0.05, 0.1) is 5.54 Å². The Kier molecular flexibility index (Phi) is 2.32. The smallest absolute Gasteiger partial charge is 0.235 e. The van der Waals surface area contributed by atoms with Crippen LogP contribution in [0.1, 0.15) is 24.8 Å². The highest BCUT2D eigenvalue weighted by atomic mass is 35.5. The molecule has 1 N–H and O–H groups in total. The van der Waals surface area contributed by atoms with Crippen molar-refractivity contribution in [2.75, 3.05) is 0 Å². The Balaban J connectivity index is 2.21. The van der Waals surface area contributed by atoms with Gasteiger partial charge in [0.15, 0.2) is 0 Å². The number of hydrogen-bond acceptors (Lipinski definition) is 2. The van der Waals surface area contributed by atoms with Gasteiger partial charge in [-0.15, -0.1) is 0 Å². The SMILES string of the molecule is O=C=NC1(c2cc3[nH]ccc3cc2Cl)CCC1. The van der Waals surface area contributed by atoms with Gasteiger partial charge in [0.2, 0.25) is 6.08 Å². The number of aliphatic imine (C=N–C) groups is 1. The molecule has 0 radical (unpaired) electrons. The van der Waals surface area contributed by atoms with Crippen molar-refractivity contribution in [3.8, 4) is 0 Å². The molecule has 4 heteroatoms. The first-order chi connectivity index (χ1) is 8.25. The molecule has 0 aliphatic heterocycles. The summed E-state index contributed by atoms with van der Waals surface area (Å²) < 4.78 is 0. The molecule has 3 rings (SSSR count). The lowest BCUT2D eigenvalue weighted by molar-refractivity contribution is 0.256. The molecule has 1 fully saturated rings. The number of aromatic nitrogens is 1.